The molecule has 0 fully saturated rings. The number of anilines is 1. The third kappa shape index (κ3) is 5.81. The maximum absolute atomic E-state index is 12.2. The summed E-state index contributed by atoms with van der Waals surface area (Å²) in [5.74, 6) is -0.0530. The van der Waals surface area contributed by atoms with E-state index in [0.29, 0.717) is 28.5 Å². The van der Waals surface area contributed by atoms with E-state index in [2.05, 4.69) is 10.5 Å². The van der Waals surface area contributed by atoms with Gasteiger partial charge in [-0.1, -0.05) is 5.16 Å². The summed E-state index contributed by atoms with van der Waals surface area (Å²) in [4.78, 5) is 40.4. The number of hydrogen-bond acceptors (Lipinski definition) is 8. The Balaban J connectivity index is 1.45. The van der Waals surface area contributed by atoms with Crippen LogP contribution in [0.1, 0.15) is 36.7 Å². The average molecular weight is 426 g/mol. The molecule has 9 nitrogen and oxygen atoms in total. The van der Waals surface area contributed by atoms with Crippen LogP contribution in [0.2, 0.25) is 0 Å². The molecule has 3 rings (SSSR count). The molecular weight excluding hydrogens is 404 g/mol. The monoisotopic (exact) mass is 426 g/mol. The lowest BCUT2D eigenvalue weighted by Gasteiger charge is -2.13. The molecule has 0 radical (unpaired) electrons. The molecule has 0 saturated heterocycles. The van der Waals surface area contributed by atoms with Crippen molar-refractivity contribution in [1.29, 1.82) is 0 Å². The van der Waals surface area contributed by atoms with E-state index in [-0.39, 0.29) is 12.6 Å². The van der Waals surface area contributed by atoms with E-state index in [1.165, 1.54) is 13.8 Å². The van der Waals surface area contributed by atoms with Gasteiger partial charge in [-0.05, 0) is 63.2 Å². The predicted octanol–water partition coefficient (Wildman–Crippen LogP) is 2.93. The predicted molar refractivity (Wildman–Crippen MR) is 111 cm³/mol. The number of oxime groups is 1. The Labute approximate surface area is 178 Å². The van der Waals surface area contributed by atoms with Crippen molar-refractivity contribution in [3.8, 4) is 11.5 Å². The Bertz CT molecular complexity index is 1020. The average Bonchev–Trinajstić information content (AvgIpc) is 3.21. The van der Waals surface area contributed by atoms with Gasteiger partial charge in [-0.3, -0.25) is 9.59 Å². The zero-order valence-corrected chi connectivity index (χ0v) is 17.3. The number of carbonyl (C=O) groups excluding carboxylic acids is 3. The Morgan fingerprint density at radius 2 is 1.71 bits per heavy atom. The summed E-state index contributed by atoms with van der Waals surface area (Å²) < 4.78 is 15.6. The van der Waals surface area contributed by atoms with Crippen LogP contribution in [0.5, 0.6) is 11.5 Å². The number of nitrogens with one attached hydrogen (secondary N) is 1. The van der Waals surface area contributed by atoms with E-state index < -0.39 is 24.6 Å². The van der Waals surface area contributed by atoms with Crippen molar-refractivity contribution in [1.82, 2.24) is 0 Å². The number of fused-ring (bicyclic) bond motifs is 1. The molecule has 1 atom stereocenters. The summed E-state index contributed by atoms with van der Waals surface area (Å²) in [5, 5.41) is 6.51. The standard InChI is InChI=1S/C22H22N2O7/c1-13(17-6-9-19-20(10-17)29-12-28-19)24-30-11-21(26)31-15(3)22(27)23-18-7-4-16(5-8-18)14(2)25/h4-10,15H,11-12H2,1-3H3,(H,23,27). The Morgan fingerprint density at radius 1 is 1.03 bits per heavy atom. The molecule has 0 bridgehead atoms. The molecule has 1 N–H and O–H groups in total. The van der Waals surface area contributed by atoms with Crippen molar-refractivity contribution in [2.45, 2.75) is 26.9 Å². The first-order valence-electron chi connectivity index (χ1n) is 9.51. The van der Waals surface area contributed by atoms with E-state index in [9.17, 15) is 14.4 Å². The lowest BCUT2D eigenvalue weighted by Crippen LogP contribution is -2.31. The summed E-state index contributed by atoms with van der Waals surface area (Å²) in [6.07, 6.45) is -1.04. The lowest BCUT2D eigenvalue weighted by molar-refractivity contribution is -0.157. The second-order valence-electron chi connectivity index (χ2n) is 6.77. The lowest BCUT2D eigenvalue weighted by atomic mass is 10.1. The number of nitrogens with zero attached hydrogens (tertiary/aromatic N) is 1. The maximum Gasteiger partial charge on any atom is 0.347 e. The molecule has 9 heteroatoms. The van der Waals surface area contributed by atoms with Crippen LogP contribution in [0.4, 0.5) is 5.69 Å². The van der Waals surface area contributed by atoms with Crippen molar-refractivity contribution in [2.75, 3.05) is 18.7 Å². The number of esters is 1. The second kappa shape index (κ2) is 9.75. The van der Waals surface area contributed by atoms with Gasteiger partial charge >= 0.3 is 5.97 Å². The minimum Gasteiger partial charge on any atom is -0.454 e. The quantitative estimate of drug-likeness (QED) is 0.299. The zero-order valence-electron chi connectivity index (χ0n) is 17.3. The fraction of sp³-hybridized carbons (Fsp3) is 0.273. The number of carbonyl (C=O) groups is 3. The summed E-state index contributed by atoms with van der Waals surface area (Å²) in [6, 6.07) is 11.7. The number of Topliss-reactive ketones (excluding diaryl/α,β-unsaturated/α-hetero) is 1. The molecule has 2 aromatic rings. The van der Waals surface area contributed by atoms with E-state index in [1.54, 1.807) is 49.4 Å². The Kier molecular flexibility index (Phi) is 6.86. The van der Waals surface area contributed by atoms with Crippen molar-refractivity contribution in [3.05, 3.63) is 53.6 Å². The third-order valence-electron chi connectivity index (χ3n) is 4.41. The molecule has 31 heavy (non-hydrogen) atoms. The number of amides is 1. The van der Waals surface area contributed by atoms with Crippen molar-refractivity contribution >= 4 is 29.1 Å². The summed E-state index contributed by atoms with van der Waals surface area (Å²) in [5.41, 5.74) is 2.30. The van der Waals surface area contributed by atoms with Gasteiger partial charge in [-0.25, -0.2) is 4.79 Å². The SMILES string of the molecule is CC(=O)c1ccc(NC(=O)C(C)OC(=O)CON=C(C)c2ccc3c(c2)OCO3)cc1. The number of benzene rings is 2. The number of hydrogen-bond donors (Lipinski definition) is 1. The first-order chi connectivity index (χ1) is 14.8. The molecule has 1 unspecified atom stereocenters. The molecule has 0 aliphatic carbocycles. The molecule has 0 saturated carbocycles. The molecule has 1 amide bonds. The highest BCUT2D eigenvalue weighted by molar-refractivity contribution is 5.99. The summed E-state index contributed by atoms with van der Waals surface area (Å²) in [6.45, 7) is 4.34. The molecule has 0 spiro atoms. The van der Waals surface area contributed by atoms with Gasteiger partial charge in [0.2, 0.25) is 13.4 Å². The summed E-state index contributed by atoms with van der Waals surface area (Å²) in [7, 11) is 0. The fourth-order valence-electron chi connectivity index (χ4n) is 2.67. The van der Waals surface area contributed by atoms with Gasteiger partial charge in [0.05, 0.1) is 5.71 Å². The van der Waals surface area contributed by atoms with Crippen molar-refractivity contribution < 1.29 is 33.4 Å². The van der Waals surface area contributed by atoms with Gasteiger partial charge in [0.15, 0.2) is 23.4 Å². The van der Waals surface area contributed by atoms with Crippen LogP contribution < -0.4 is 14.8 Å². The molecule has 2 aromatic carbocycles. The molecule has 0 aromatic heterocycles. The minimum absolute atomic E-state index is 0.0726. The van der Waals surface area contributed by atoms with Gasteiger partial charge in [-0.2, -0.15) is 0 Å². The van der Waals surface area contributed by atoms with E-state index in [1.807, 2.05) is 0 Å². The van der Waals surface area contributed by atoms with Gasteiger partial charge in [0.1, 0.15) is 0 Å². The fourth-order valence-corrected chi connectivity index (χ4v) is 2.67. The highest BCUT2D eigenvalue weighted by Crippen LogP contribution is 2.32. The van der Waals surface area contributed by atoms with E-state index in [0.717, 1.165) is 5.56 Å². The molecule has 162 valence electrons. The minimum atomic E-state index is -1.04. The normalized spacial score (nSPS) is 13.3. The topological polar surface area (TPSA) is 113 Å². The van der Waals surface area contributed by atoms with Crippen LogP contribution in [0.3, 0.4) is 0 Å². The summed E-state index contributed by atoms with van der Waals surface area (Å²) >= 11 is 0. The second-order valence-corrected chi connectivity index (χ2v) is 6.77. The molecule has 1 heterocycles. The van der Waals surface area contributed by atoms with Gasteiger partial charge in [-0.15, -0.1) is 0 Å². The van der Waals surface area contributed by atoms with Crippen molar-refractivity contribution in [3.63, 3.8) is 0 Å². The highest BCUT2D eigenvalue weighted by Gasteiger charge is 2.19. The van der Waals surface area contributed by atoms with Crippen LogP contribution >= 0.6 is 0 Å². The van der Waals surface area contributed by atoms with Crippen LogP contribution in [-0.4, -0.2) is 42.9 Å². The third-order valence-corrected chi connectivity index (χ3v) is 4.41. The first kappa shape index (κ1) is 21.8. The van der Waals surface area contributed by atoms with Gasteiger partial charge in [0, 0.05) is 16.8 Å². The van der Waals surface area contributed by atoms with Crippen LogP contribution in [0.25, 0.3) is 0 Å². The number of rotatable bonds is 8. The number of ketones is 1. The molecular formula is C22H22N2O7. The van der Waals surface area contributed by atoms with Gasteiger partial charge in [0.25, 0.3) is 5.91 Å². The Hall–Kier alpha value is -3.88. The highest BCUT2D eigenvalue weighted by atomic mass is 16.7. The number of ether oxygens (including phenoxy) is 3. The first-order valence-corrected chi connectivity index (χ1v) is 9.51. The zero-order chi connectivity index (χ0) is 22.4. The maximum atomic E-state index is 12.2. The largest absolute Gasteiger partial charge is 0.454 e. The van der Waals surface area contributed by atoms with Crippen LogP contribution in [0, 0.1) is 0 Å². The van der Waals surface area contributed by atoms with E-state index in [4.69, 9.17) is 19.0 Å². The van der Waals surface area contributed by atoms with Crippen LogP contribution in [0.15, 0.2) is 47.6 Å². The van der Waals surface area contributed by atoms with E-state index >= 15 is 0 Å². The van der Waals surface area contributed by atoms with Gasteiger partial charge < -0.3 is 24.4 Å². The molecule has 1 aliphatic heterocycles. The van der Waals surface area contributed by atoms with Crippen LogP contribution in [-0.2, 0) is 19.2 Å². The Morgan fingerprint density at radius 3 is 2.42 bits per heavy atom. The smallest absolute Gasteiger partial charge is 0.347 e. The van der Waals surface area contributed by atoms with Crippen molar-refractivity contribution in [2.24, 2.45) is 5.16 Å². The molecule has 1 aliphatic rings.